The van der Waals surface area contributed by atoms with Crippen LogP contribution in [0.1, 0.15) is 18.4 Å². The lowest BCUT2D eigenvalue weighted by atomic mass is 10.3. The van der Waals surface area contributed by atoms with Crippen LogP contribution in [-0.2, 0) is 0 Å². The lowest BCUT2D eigenvalue weighted by Gasteiger charge is -2.19. The van der Waals surface area contributed by atoms with E-state index in [4.69, 9.17) is 0 Å². The molecule has 15 heavy (non-hydrogen) atoms. The van der Waals surface area contributed by atoms with Gasteiger partial charge in [-0.3, -0.25) is 0 Å². The van der Waals surface area contributed by atoms with Crippen molar-refractivity contribution in [1.29, 1.82) is 0 Å². The molecule has 0 spiro atoms. The van der Waals surface area contributed by atoms with Crippen molar-refractivity contribution in [2.45, 2.75) is 19.8 Å². The standard InChI is InChI=1S/C12H17BrN2/c1-4-5-6-7-15(3)12-11(13)8-10(2)9-14-12/h4,8-9H,1,5-7H2,2-3H3. The van der Waals surface area contributed by atoms with Crippen LogP contribution in [0.2, 0.25) is 0 Å². The summed E-state index contributed by atoms with van der Waals surface area (Å²) in [6.45, 7) is 6.76. The zero-order valence-electron chi connectivity index (χ0n) is 9.33. The third-order valence-corrected chi connectivity index (χ3v) is 2.81. The third-order valence-electron chi connectivity index (χ3n) is 2.22. The first-order chi connectivity index (χ1) is 7.15. The van der Waals surface area contributed by atoms with E-state index in [2.05, 4.69) is 45.5 Å². The van der Waals surface area contributed by atoms with Crippen LogP contribution < -0.4 is 4.90 Å². The summed E-state index contributed by atoms with van der Waals surface area (Å²) in [5.41, 5.74) is 1.17. The summed E-state index contributed by atoms with van der Waals surface area (Å²) >= 11 is 3.53. The maximum absolute atomic E-state index is 4.41. The number of hydrogen-bond donors (Lipinski definition) is 0. The van der Waals surface area contributed by atoms with Crippen molar-refractivity contribution in [1.82, 2.24) is 4.98 Å². The average molecular weight is 269 g/mol. The van der Waals surface area contributed by atoms with Gasteiger partial charge in [-0.25, -0.2) is 4.98 Å². The quantitative estimate of drug-likeness (QED) is 0.600. The normalized spacial score (nSPS) is 10.1. The smallest absolute Gasteiger partial charge is 0.142 e. The molecular weight excluding hydrogens is 252 g/mol. The average Bonchev–Trinajstić information content (AvgIpc) is 2.17. The fraction of sp³-hybridized carbons (Fsp3) is 0.417. The molecule has 0 saturated heterocycles. The monoisotopic (exact) mass is 268 g/mol. The highest BCUT2D eigenvalue weighted by Crippen LogP contribution is 2.23. The molecule has 0 amide bonds. The van der Waals surface area contributed by atoms with Gasteiger partial charge in [0.1, 0.15) is 5.82 Å². The number of aryl methyl sites for hydroxylation is 1. The highest BCUT2D eigenvalue weighted by molar-refractivity contribution is 9.10. The molecule has 2 nitrogen and oxygen atoms in total. The Morgan fingerprint density at radius 2 is 2.33 bits per heavy atom. The van der Waals surface area contributed by atoms with Gasteiger partial charge in [-0.2, -0.15) is 0 Å². The number of halogens is 1. The number of aromatic nitrogens is 1. The molecule has 0 radical (unpaired) electrons. The molecule has 0 unspecified atom stereocenters. The molecule has 0 aliphatic heterocycles. The number of rotatable bonds is 5. The van der Waals surface area contributed by atoms with E-state index in [1.165, 1.54) is 5.56 Å². The topological polar surface area (TPSA) is 16.1 Å². The zero-order chi connectivity index (χ0) is 11.3. The van der Waals surface area contributed by atoms with Gasteiger partial charge in [0.05, 0.1) is 4.47 Å². The lowest BCUT2D eigenvalue weighted by Crippen LogP contribution is -2.20. The van der Waals surface area contributed by atoms with Gasteiger partial charge >= 0.3 is 0 Å². The van der Waals surface area contributed by atoms with Crippen LogP contribution in [0.3, 0.4) is 0 Å². The van der Waals surface area contributed by atoms with Crippen LogP contribution in [0.25, 0.3) is 0 Å². The van der Waals surface area contributed by atoms with E-state index in [0.29, 0.717) is 0 Å². The van der Waals surface area contributed by atoms with Gasteiger partial charge in [0.25, 0.3) is 0 Å². The molecule has 1 aromatic heterocycles. The molecule has 0 N–H and O–H groups in total. The Morgan fingerprint density at radius 3 is 2.93 bits per heavy atom. The van der Waals surface area contributed by atoms with Gasteiger partial charge in [0, 0.05) is 19.8 Å². The number of unbranched alkanes of at least 4 members (excludes halogenated alkanes) is 1. The van der Waals surface area contributed by atoms with Crippen molar-refractivity contribution in [3.05, 3.63) is 35.0 Å². The van der Waals surface area contributed by atoms with Gasteiger partial charge in [0.2, 0.25) is 0 Å². The van der Waals surface area contributed by atoms with E-state index in [1.54, 1.807) is 0 Å². The number of allylic oxidation sites excluding steroid dienone is 1. The Hall–Kier alpha value is -0.830. The Kier molecular flexibility index (Phi) is 4.82. The van der Waals surface area contributed by atoms with E-state index in [1.807, 2.05) is 19.2 Å². The van der Waals surface area contributed by atoms with E-state index in [9.17, 15) is 0 Å². The Bertz CT molecular complexity index is 336. The van der Waals surface area contributed by atoms with Crippen LogP contribution in [0.4, 0.5) is 5.82 Å². The van der Waals surface area contributed by atoms with E-state index in [-0.39, 0.29) is 0 Å². The summed E-state index contributed by atoms with van der Waals surface area (Å²) in [5.74, 6) is 1.00. The molecule has 0 bridgehead atoms. The number of nitrogens with zero attached hydrogens (tertiary/aromatic N) is 2. The second-order valence-electron chi connectivity index (χ2n) is 3.67. The number of hydrogen-bond acceptors (Lipinski definition) is 2. The van der Waals surface area contributed by atoms with E-state index < -0.39 is 0 Å². The van der Waals surface area contributed by atoms with Crippen LogP contribution in [0, 0.1) is 6.92 Å². The second-order valence-corrected chi connectivity index (χ2v) is 4.52. The molecule has 1 heterocycles. The van der Waals surface area contributed by atoms with Crippen molar-refractivity contribution in [2.24, 2.45) is 0 Å². The molecule has 0 fully saturated rings. The van der Waals surface area contributed by atoms with Crippen molar-refractivity contribution in [3.8, 4) is 0 Å². The van der Waals surface area contributed by atoms with Crippen LogP contribution in [0.15, 0.2) is 29.4 Å². The summed E-state index contributed by atoms with van der Waals surface area (Å²) in [5, 5.41) is 0. The second kappa shape index (κ2) is 5.91. The molecule has 82 valence electrons. The molecule has 0 aliphatic rings. The Labute approximate surface area is 100 Å². The van der Waals surface area contributed by atoms with Crippen LogP contribution >= 0.6 is 15.9 Å². The molecular formula is C12H17BrN2. The largest absolute Gasteiger partial charge is 0.359 e. The zero-order valence-corrected chi connectivity index (χ0v) is 10.9. The minimum atomic E-state index is 1.00. The first-order valence-corrected chi connectivity index (χ1v) is 5.88. The molecule has 0 aromatic carbocycles. The summed E-state index contributed by atoms with van der Waals surface area (Å²) in [7, 11) is 2.06. The predicted octanol–water partition coefficient (Wildman–Crippen LogP) is 3.55. The van der Waals surface area contributed by atoms with Crippen molar-refractivity contribution in [3.63, 3.8) is 0 Å². The van der Waals surface area contributed by atoms with Crippen molar-refractivity contribution in [2.75, 3.05) is 18.5 Å². The minimum absolute atomic E-state index is 1.00. The first-order valence-electron chi connectivity index (χ1n) is 5.09. The highest BCUT2D eigenvalue weighted by atomic mass is 79.9. The highest BCUT2D eigenvalue weighted by Gasteiger charge is 2.06. The molecule has 0 saturated carbocycles. The summed E-state index contributed by atoms with van der Waals surface area (Å²) in [6, 6.07) is 2.09. The van der Waals surface area contributed by atoms with E-state index in [0.717, 1.165) is 29.7 Å². The molecule has 0 aliphatic carbocycles. The van der Waals surface area contributed by atoms with Gasteiger partial charge in [-0.1, -0.05) is 6.08 Å². The number of anilines is 1. The lowest BCUT2D eigenvalue weighted by molar-refractivity contribution is 0.790. The maximum atomic E-state index is 4.41. The van der Waals surface area contributed by atoms with Gasteiger partial charge in [-0.05, 0) is 47.3 Å². The molecule has 1 rings (SSSR count). The maximum Gasteiger partial charge on any atom is 0.142 e. The van der Waals surface area contributed by atoms with Crippen molar-refractivity contribution >= 4 is 21.7 Å². The fourth-order valence-corrected chi connectivity index (χ4v) is 2.15. The predicted molar refractivity (Wildman–Crippen MR) is 69.4 cm³/mol. The number of pyridine rings is 1. The molecule has 0 atom stereocenters. The fourth-order valence-electron chi connectivity index (χ4n) is 1.39. The Morgan fingerprint density at radius 1 is 1.60 bits per heavy atom. The molecule has 1 aromatic rings. The summed E-state index contributed by atoms with van der Waals surface area (Å²) in [6.07, 6.45) is 6.01. The van der Waals surface area contributed by atoms with Crippen molar-refractivity contribution < 1.29 is 0 Å². The van der Waals surface area contributed by atoms with Crippen LogP contribution in [-0.4, -0.2) is 18.6 Å². The summed E-state index contributed by atoms with van der Waals surface area (Å²) < 4.78 is 1.06. The van der Waals surface area contributed by atoms with Gasteiger partial charge < -0.3 is 4.90 Å². The molecule has 3 heteroatoms. The van der Waals surface area contributed by atoms with Crippen LogP contribution in [0.5, 0.6) is 0 Å². The third kappa shape index (κ3) is 3.67. The SMILES string of the molecule is C=CCCCN(C)c1ncc(C)cc1Br. The van der Waals surface area contributed by atoms with E-state index >= 15 is 0 Å². The summed E-state index contributed by atoms with van der Waals surface area (Å²) in [4.78, 5) is 6.57. The van der Waals surface area contributed by atoms with Gasteiger partial charge in [0.15, 0.2) is 0 Å². The van der Waals surface area contributed by atoms with Gasteiger partial charge in [-0.15, -0.1) is 6.58 Å². The first kappa shape index (κ1) is 12.2. The Balaban J connectivity index is 2.64. The minimum Gasteiger partial charge on any atom is -0.359 e.